The topological polar surface area (TPSA) is 76.8 Å². The average molecular weight is 279 g/mol. The standard InChI is InChI=1S/C14H21N3O3/c1-19-13-4-3-11(15)7-10(13)8-17-6-5-12(9-17)16-14(18)20-2/h3-4,7,12H,5-6,8-9,15H2,1-2H3,(H,16,18). The van der Waals surface area contributed by atoms with Crippen LogP contribution in [0, 0.1) is 0 Å². The summed E-state index contributed by atoms with van der Waals surface area (Å²) in [5.74, 6) is 0.837. The summed E-state index contributed by atoms with van der Waals surface area (Å²) in [6.45, 7) is 2.48. The Labute approximate surface area is 118 Å². The number of carbonyl (C=O) groups is 1. The smallest absolute Gasteiger partial charge is 0.407 e. The van der Waals surface area contributed by atoms with Gasteiger partial charge in [0.15, 0.2) is 0 Å². The molecule has 6 heteroatoms. The van der Waals surface area contributed by atoms with Gasteiger partial charge in [0.1, 0.15) is 5.75 Å². The Balaban J connectivity index is 1.95. The summed E-state index contributed by atoms with van der Waals surface area (Å²) in [7, 11) is 3.03. The zero-order chi connectivity index (χ0) is 14.5. The molecule has 1 aromatic rings. The van der Waals surface area contributed by atoms with Crippen LogP contribution in [0.25, 0.3) is 0 Å². The minimum absolute atomic E-state index is 0.134. The van der Waals surface area contributed by atoms with E-state index < -0.39 is 0 Å². The van der Waals surface area contributed by atoms with Gasteiger partial charge in [0.25, 0.3) is 0 Å². The molecule has 20 heavy (non-hydrogen) atoms. The number of amides is 1. The number of likely N-dealkylation sites (tertiary alicyclic amines) is 1. The molecule has 0 radical (unpaired) electrons. The van der Waals surface area contributed by atoms with Gasteiger partial charge in [0.05, 0.1) is 14.2 Å². The molecule has 1 aliphatic heterocycles. The lowest BCUT2D eigenvalue weighted by Gasteiger charge is -2.18. The first kappa shape index (κ1) is 14.5. The van der Waals surface area contributed by atoms with E-state index in [-0.39, 0.29) is 12.1 Å². The lowest BCUT2D eigenvalue weighted by Crippen LogP contribution is -2.36. The second kappa shape index (κ2) is 6.47. The van der Waals surface area contributed by atoms with Gasteiger partial charge in [-0.25, -0.2) is 4.79 Å². The molecule has 1 atom stereocenters. The van der Waals surface area contributed by atoms with E-state index in [4.69, 9.17) is 10.5 Å². The highest BCUT2D eigenvalue weighted by Crippen LogP contribution is 2.24. The van der Waals surface area contributed by atoms with Gasteiger partial charge in [0.2, 0.25) is 0 Å². The van der Waals surface area contributed by atoms with Crippen molar-refractivity contribution in [3.63, 3.8) is 0 Å². The van der Waals surface area contributed by atoms with Crippen molar-refractivity contribution in [3.05, 3.63) is 23.8 Å². The number of carbonyl (C=O) groups excluding carboxylic acids is 1. The fourth-order valence-corrected chi connectivity index (χ4v) is 2.48. The molecular formula is C14H21N3O3. The summed E-state index contributed by atoms with van der Waals surface area (Å²) >= 11 is 0. The Morgan fingerprint density at radius 2 is 2.30 bits per heavy atom. The van der Waals surface area contributed by atoms with Gasteiger partial charge >= 0.3 is 6.09 Å². The van der Waals surface area contributed by atoms with Crippen molar-refractivity contribution in [1.29, 1.82) is 0 Å². The Kier molecular flexibility index (Phi) is 4.68. The van der Waals surface area contributed by atoms with Crippen molar-refractivity contribution in [2.45, 2.75) is 19.0 Å². The zero-order valence-electron chi connectivity index (χ0n) is 11.9. The van der Waals surface area contributed by atoms with Crippen LogP contribution in [0.15, 0.2) is 18.2 Å². The molecule has 1 aromatic carbocycles. The number of nitrogens with zero attached hydrogens (tertiary/aromatic N) is 1. The van der Waals surface area contributed by atoms with Gasteiger partial charge in [0, 0.05) is 36.9 Å². The van der Waals surface area contributed by atoms with E-state index in [0.717, 1.165) is 43.1 Å². The van der Waals surface area contributed by atoms with E-state index in [2.05, 4.69) is 15.0 Å². The number of anilines is 1. The molecule has 1 saturated heterocycles. The van der Waals surface area contributed by atoms with Crippen LogP contribution in [0.5, 0.6) is 5.75 Å². The number of alkyl carbamates (subject to hydrolysis) is 1. The van der Waals surface area contributed by atoms with Gasteiger partial charge in [-0.2, -0.15) is 0 Å². The number of nitrogens with two attached hydrogens (primary N) is 1. The van der Waals surface area contributed by atoms with Gasteiger partial charge in [-0.3, -0.25) is 4.90 Å². The fraction of sp³-hybridized carbons (Fsp3) is 0.500. The zero-order valence-corrected chi connectivity index (χ0v) is 11.9. The predicted octanol–water partition coefficient (Wildman–Crippen LogP) is 1.21. The van der Waals surface area contributed by atoms with E-state index in [0.29, 0.717) is 0 Å². The maximum Gasteiger partial charge on any atom is 0.407 e. The molecule has 1 heterocycles. The van der Waals surface area contributed by atoms with Crippen molar-refractivity contribution < 1.29 is 14.3 Å². The van der Waals surface area contributed by atoms with Gasteiger partial charge in [-0.05, 0) is 24.6 Å². The highest BCUT2D eigenvalue weighted by molar-refractivity contribution is 5.67. The molecule has 3 N–H and O–H groups in total. The molecule has 1 unspecified atom stereocenters. The van der Waals surface area contributed by atoms with Crippen molar-refractivity contribution in [2.24, 2.45) is 0 Å². The molecule has 1 aliphatic rings. The maximum atomic E-state index is 11.2. The minimum atomic E-state index is -0.376. The van der Waals surface area contributed by atoms with Gasteiger partial charge < -0.3 is 20.5 Å². The third-order valence-corrected chi connectivity index (χ3v) is 3.48. The minimum Gasteiger partial charge on any atom is -0.496 e. The summed E-state index contributed by atoms with van der Waals surface area (Å²) in [6, 6.07) is 5.77. The van der Waals surface area contributed by atoms with Crippen LogP contribution in [-0.4, -0.2) is 44.3 Å². The molecule has 6 nitrogen and oxygen atoms in total. The monoisotopic (exact) mass is 279 g/mol. The van der Waals surface area contributed by atoms with Crippen LogP contribution < -0.4 is 15.8 Å². The number of hydrogen-bond acceptors (Lipinski definition) is 5. The van der Waals surface area contributed by atoms with E-state index >= 15 is 0 Å². The number of nitrogens with one attached hydrogen (secondary N) is 1. The number of ether oxygens (including phenoxy) is 2. The highest BCUT2D eigenvalue weighted by Gasteiger charge is 2.24. The molecule has 2 rings (SSSR count). The first-order valence-electron chi connectivity index (χ1n) is 6.61. The summed E-state index contributed by atoms with van der Waals surface area (Å²) < 4.78 is 9.96. The molecule has 0 spiro atoms. The molecule has 0 aromatic heterocycles. The van der Waals surface area contributed by atoms with Crippen LogP contribution in [0.1, 0.15) is 12.0 Å². The molecule has 0 bridgehead atoms. The second-order valence-corrected chi connectivity index (χ2v) is 4.93. The van der Waals surface area contributed by atoms with E-state index in [9.17, 15) is 4.79 Å². The SMILES string of the molecule is COC(=O)NC1CCN(Cc2cc(N)ccc2OC)C1. The van der Waals surface area contributed by atoms with Crippen LogP contribution in [0.3, 0.4) is 0 Å². The Morgan fingerprint density at radius 1 is 1.50 bits per heavy atom. The summed E-state index contributed by atoms with van der Waals surface area (Å²) in [6.07, 6.45) is 0.540. The largest absolute Gasteiger partial charge is 0.496 e. The molecule has 0 saturated carbocycles. The van der Waals surface area contributed by atoms with Crippen LogP contribution >= 0.6 is 0 Å². The van der Waals surface area contributed by atoms with Gasteiger partial charge in [-0.15, -0.1) is 0 Å². The molecular weight excluding hydrogens is 258 g/mol. The number of rotatable bonds is 4. The molecule has 0 aliphatic carbocycles. The molecule has 110 valence electrons. The fourth-order valence-electron chi connectivity index (χ4n) is 2.48. The van der Waals surface area contributed by atoms with Gasteiger partial charge in [-0.1, -0.05) is 0 Å². The Hall–Kier alpha value is -1.95. The highest BCUT2D eigenvalue weighted by atomic mass is 16.5. The lowest BCUT2D eigenvalue weighted by molar-refractivity contribution is 0.166. The van der Waals surface area contributed by atoms with Crippen molar-refractivity contribution >= 4 is 11.8 Å². The van der Waals surface area contributed by atoms with Crippen LogP contribution in [0.4, 0.5) is 10.5 Å². The summed E-state index contributed by atoms with van der Waals surface area (Å²) in [5, 5.41) is 2.83. The molecule has 1 amide bonds. The quantitative estimate of drug-likeness (QED) is 0.810. The predicted molar refractivity (Wildman–Crippen MR) is 76.6 cm³/mol. The average Bonchev–Trinajstić information content (AvgIpc) is 2.86. The van der Waals surface area contributed by atoms with E-state index in [1.165, 1.54) is 7.11 Å². The van der Waals surface area contributed by atoms with Crippen molar-refractivity contribution in [3.8, 4) is 5.75 Å². The Bertz CT molecular complexity index is 479. The lowest BCUT2D eigenvalue weighted by atomic mass is 10.1. The van der Waals surface area contributed by atoms with Crippen LogP contribution in [0.2, 0.25) is 0 Å². The number of hydrogen-bond donors (Lipinski definition) is 2. The third kappa shape index (κ3) is 3.54. The second-order valence-electron chi connectivity index (χ2n) is 4.93. The number of methoxy groups -OCH3 is 2. The maximum absolute atomic E-state index is 11.2. The number of nitrogen functional groups attached to an aromatic ring is 1. The van der Waals surface area contributed by atoms with E-state index in [1.54, 1.807) is 7.11 Å². The summed E-state index contributed by atoms with van der Waals surface area (Å²) in [4.78, 5) is 13.5. The normalized spacial score (nSPS) is 18.8. The van der Waals surface area contributed by atoms with Crippen molar-refractivity contribution in [2.75, 3.05) is 33.0 Å². The van der Waals surface area contributed by atoms with Crippen molar-refractivity contribution in [1.82, 2.24) is 10.2 Å². The van der Waals surface area contributed by atoms with Crippen LogP contribution in [-0.2, 0) is 11.3 Å². The number of benzene rings is 1. The summed E-state index contributed by atoms with van der Waals surface area (Å²) in [5.41, 5.74) is 7.61. The first-order valence-corrected chi connectivity index (χ1v) is 6.61. The molecule has 1 fully saturated rings. The first-order chi connectivity index (χ1) is 9.62. The third-order valence-electron chi connectivity index (χ3n) is 3.48. The van der Waals surface area contributed by atoms with E-state index in [1.807, 2.05) is 18.2 Å². The Morgan fingerprint density at radius 3 is 3.00 bits per heavy atom.